The summed E-state index contributed by atoms with van der Waals surface area (Å²) in [6.45, 7) is 6.00. The molecule has 0 radical (unpaired) electrons. The van der Waals surface area contributed by atoms with Crippen LogP contribution in [0, 0.1) is 5.82 Å². The van der Waals surface area contributed by atoms with Crippen molar-refractivity contribution >= 4 is 18.3 Å². The second-order valence-corrected chi connectivity index (χ2v) is 4.26. The van der Waals surface area contributed by atoms with Gasteiger partial charge in [0.15, 0.2) is 6.10 Å². The number of carbonyl (C=O) groups excluding carboxylic acids is 1. The SMILES string of the molecule is CCCNCCNC(=O)C(C)Oc1ccc(F)cc1.Cl. The molecule has 0 aromatic heterocycles. The van der Waals surface area contributed by atoms with E-state index in [9.17, 15) is 9.18 Å². The van der Waals surface area contributed by atoms with E-state index in [1.54, 1.807) is 6.92 Å². The van der Waals surface area contributed by atoms with Gasteiger partial charge in [-0.25, -0.2) is 4.39 Å². The van der Waals surface area contributed by atoms with E-state index >= 15 is 0 Å². The third kappa shape index (κ3) is 7.31. The van der Waals surface area contributed by atoms with Gasteiger partial charge in [-0.3, -0.25) is 4.79 Å². The summed E-state index contributed by atoms with van der Waals surface area (Å²) in [6.07, 6.45) is 0.467. The van der Waals surface area contributed by atoms with Gasteiger partial charge in [0.25, 0.3) is 5.91 Å². The minimum Gasteiger partial charge on any atom is -0.481 e. The Hall–Kier alpha value is -1.33. The Kier molecular flexibility index (Phi) is 9.76. The molecule has 0 fully saturated rings. The Bertz CT molecular complexity index is 387. The fourth-order valence-electron chi connectivity index (χ4n) is 1.49. The molecule has 1 aromatic carbocycles. The van der Waals surface area contributed by atoms with Crippen molar-refractivity contribution in [1.29, 1.82) is 0 Å². The molecule has 4 nitrogen and oxygen atoms in total. The van der Waals surface area contributed by atoms with E-state index in [1.165, 1.54) is 24.3 Å². The van der Waals surface area contributed by atoms with Gasteiger partial charge in [0.1, 0.15) is 11.6 Å². The number of ether oxygens (including phenoxy) is 1. The first-order chi connectivity index (χ1) is 9.13. The Morgan fingerprint density at radius 3 is 2.50 bits per heavy atom. The van der Waals surface area contributed by atoms with Crippen molar-refractivity contribution in [2.45, 2.75) is 26.4 Å². The topological polar surface area (TPSA) is 50.4 Å². The van der Waals surface area contributed by atoms with Gasteiger partial charge >= 0.3 is 0 Å². The summed E-state index contributed by atoms with van der Waals surface area (Å²) >= 11 is 0. The highest BCUT2D eigenvalue weighted by Gasteiger charge is 2.13. The molecule has 0 bridgehead atoms. The molecule has 1 aromatic rings. The number of nitrogens with one attached hydrogen (secondary N) is 2. The summed E-state index contributed by atoms with van der Waals surface area (Å²) in [7, 11) is 0. The van der Waals surface area contributed by atoms with Crippen molar-refractivity contribution in [3.8, 4) is 5.75 Å². The van der Waals surface area contributed by atoms with Gasteiger partial charge in [0.05, 0.1) is 0 Å². The molecule has 20 heavy (non-hydrogen) atoms. The van der Waals surface area contributed by atoms with Crippen molar-refractivity contribution in [3.63, 3.8) is 0 Å². The van der Waals surface area contributed by atoms with Gasteiger partial charge in [-0.05, 0) is 44.2 Å². The summed E-state index contributed by atoms with van der Waals surface area (Å²) < 4.78 is 18.1. The molecule has 2 N–H and O–H groups in total. The van der Waals surface area contributed by atoms with Crippen LogP contribution in [0.5, 0.6) is 5.75 Å². The monoisotopic (exact) mass is 304 g/mol. The van der Waals surface area contributed by atoms with Crippen molar-refractivity contribution in [1.82, 2.24) is 10.6 Å². The number of hydrogen-bond acceptors (Lipinski definition) is 3. The van der Waals surface area contributed by atoms with Crippen LogP contribution in [0.3, 0.4) is 0 Å². The molecule has 6 heteroatoms. The zero-order valence-electron chi connectivity index (χ0n) is 11.8. The summed E-state index contributed by atoms with van der Waals surface area (Å²) in [4.78, 5) is 11.7. The first-order valence-electron chi connectivity index (χ1n) is 6.54. The van der Waals surface area contributed by atoms with Crippen LogP contribution in [0.1, 0.15) is 20.3 Å². The lowest BCUT2D eigenvalue weighted by Crippen LogP contribution is -2.39. The van der Waals surface area contributed by atoms with Gasteiger partial charge < -0.3 is 15.4 Å². The highest BCUT2D eigenvalue weighted by molar-refractivity contribution is 5.85. The second kappa shape index (κ2) is 10.5. The lowest BCUT2D eigenvalue weighted by molar-refractivity contribution is -0.127. The predicted octanol–water partition coefficient (Wildman–Crippen LogP) is 2.13. The zero-order chi connectivity index (χ0) is 14.1. The predicted molar refractivity (Wildman–Crippen MR) is 79.9 cm³/mol. The van der Waals surface area contributed by atoms with Crippen molar-refractivity contribution in [2.75, 3.05) is 19.6 Å². The van der Waals surface area contributed by atoms with Crippen LogP contribution < -0.4 is 15.4 Å². The Balaban J connectivity index is 0.00000361. The maximum Gasteiger partial charge on any atom is 0.260 e. The normalized spacial score (nSPS) is 11.3. The molecule has 1 amide bonds. The van der Waals surface area contributed by atoms with E-state index < -0.39 is 6.10 Å². The second-order valence-electron chi connectivity index (χ2n) is 4.26. The fourth-order valence-corrected chi connectivity index (χ4v) is 1.49. The van der Waals surface area contributed by atoms with Crippen LogP contribution in [0.2, 0.25) is 0 Å². The number of rotatable bonds is 8. The molecule has 0 spiro atoms. The molecule has 0 heterocycles. The molecule has 1 unspecified atom stereocenters. The van der Waals surface area contributed by atoms with Crippen LogP contribution in [0.25, 0.3) is 0 Å². The quantitative estimate of drug-likeness (QED) is 0.723. The smallest absolute Gasteiger partial charge is 0.260 e. The Morgan fingerprint density at radius 1 is 1.25 bits per heavy atom. The van der Waals surface area contributed by atoms with E-state index in [1.807, 2.05) is 0 Å². The van der Waals surface area contributed by atoms with Gasteiger partial charge in [-0.15, -0.1) is 12.4 Å². The van der Waals surface area contributed by atoms with Gasteiger partial charge in [0.2, 0.25) is 0 Å². The third-order valence-corrected chi connectivity index (χ3v) is 2.52. The van der Waals surface area contributed by atoms with Crippen molar-refractivity contribution < 1.29 is 13.9 Å². The van der Waals surface area contributed by atoms with Gasteiger partial charge in [-0.2, -0.15) is 0 Å². The molecule has 0 saturated heterocycles. The maximum absolute atomic E-state index is 12.7. The summed E-state index contributed by atoms with van der Waals surface area (Å²) in [5.41, 5.74) is 0. The molecule has 1 rings (SSSR count). The molecule has 0 aliphatic heterocycles. The Labute approximate surface area is 125 Å². The van der Waals surface area contributed by atoms with E-state index in [0.29, 0.717) is 12.3 Å². The van der Waals surface area contributed by atoms with E-state index in [4.69, 9.17) is 4.74 Å². The lowest BCUT2D eigenvalue weighted by Gasteiger charge is -2.14. The van der Waals surface area contributed by atoms with Crippen molar-refractivity contribution in [3.05, 3.63) is 30.1 Å². The number of amides is 1. The average molecular weight is 305 g/mol. The molecule has 0 aliphatic carbocycles. The van der Waals surface area contributed by atoms with E-state index in [2.05, 4.69) is 17.6 Å². The average Bonchev–Trinajstić information content (AvgIpc) is 2.41. The third-order valence-electron chi connectivity index (χ3n) is 2.52. The first-order valence-corrected chi connectivity index (χ1v) is 6.54. The van der Waals surface area contributed by atoms with E-state index in [-0.39, 0.29) is 24.1 Å². The minimum absolute atomic E-state index is 0. The fraction of sp³-hybridized carbons (Fsp3) is 0.500. The minimum atomic E-state index is -0.600. The molecule has 0 aliphatic rings. The van der Waals surface area contributed by atoms with Crippen LogP contribution in [0.15, 0.2) is 24.3 Å². The van der Waals surface area contributed by atoms with Crippen LogP contribution in [-0.2, 0) is 4.79 Å². The number of hydrogen-bond donors (Lipinski definition) is 2. The lowest BCUT2D eigenvalue weighted by atomic mass is 10.3. The zero-order valence-corrected chi connectivity index (χ0v) is 12.6. The summed E-state index contributed by atoms with van der Waals surface area (Å²) in [5, 5.41) is 5.96. The summed E-state index contributed by atoms with van der Waals surface area (Å²) in [5.74, 6) is -0.0257. The largest absolute Gasteiger partial charge is 0.481 e. The maximum atomic E-state index is 12.7. The number of halogens is 2. The molecular weight excluding hydrogens is 283 g/mol. The van der Waals surface area contributed by atoms with Crippen LogP contribution in [-0.4, -0.2) is 31.6 Å². The number of benzene rings is 1. The molecule has 1 atom stereocenters. The number of carbonyl (C=O) groups is 1. The van der Waals surface area contributed by atoms with Crippen LogP contribution >= 0.6 is 12.4 Å². The van der Waals surface area contributed by atoms with Crippen LogP contribution in [0.4, 0.5) is 4.39 Å². The molecule has 114 valence electrons. The summed E-state index contributed by atoms with van der Waals surface area (Å²) in [6, 6.07) is 5.60. The standard InChI is InChI=1S/C14H21FN2O2.ClH/c1-3-8-16-9-10-17-14(18)11(2)19-13-6-4-12(15)5-7-13;/h4-7,11,16H,3,8-10H2,1-2H3,(H,17,18);1H. The first kappa shape index (κ1) is 18.7. The molecule has 0 saturated carbocycles. The highest BCUT2D eigenvalue weighted by Crippen LogP contribution is 2.12. The van der Waals surface area contributed by atoms with Gasteiger partial charge in [0, 0.05) is 13.1 Å². The Morgan fingerprint density at radius 2 is 1.90 bits per heavy atom. The van der Waals surface area contributed by atoms with E-state index in [0.717, 1.165) is 19.5 Å². The van der Waals surface area contributed by atoms with Gasteiger partial charge in [-0.1, -0.05) is 6.92 Å². The molecular formula is C14H22ClFN2O2. The highest BCUT2D eigenvalue weighted by atomic mass is 35.5. The van der Waals surface area contributed by atoms with Crippen molar-refractivity contribution in [2.24, 2.45) is 0 Å².